The Kier molecular flexibility index (Phi) is 6.54. The minimum atomic E-state index is -3.81. The molecular formula is C12H18Cl2N2O3S. The molecule has 5 nitrogen and oxygen atoms in total. The van der Waals surface area contributed by atoms with Crippen LogP contribution in [0.1, 0.15) is 19.8 Å². The first-order valence-corrected chi connectivity index (χ1v) is 8.40. The molecule has 1 aromatic rings. The van der Waals surface area contributed by atoms with Crippen LogP contribution in [0.3, 0.4) is 0 Å². The molecule has 0 aliphatic carbocycles. The number of nitrogens with two attached hydrogens (primary N) is 1. The zero-order valence-electron chi connectivity index (χ0n) is 11.1. The molecule has 0 saturated carbocycles. The number of rotatable bonds is 7. The fourth-order valence-corrected chi connectivity index (χ4v) is 3.89. The lowest BCUT2D eigenvalue weighted by Crippen LogP contribution is -2.30. The molecule has 1 aromatic carbocycles. The maximum atomic E-state index is 12.2. The van der Waals surface area contributed by atoms with E-state index in [-0.39, 0.29) is 39.7 Å². The van der Waals surface area contributed by atoms with Gasteiger partial charge in [-0.25, -0.2) is 13.1 Å². The summed E-state index contributed by atoms with van der Waals surface area (Å²) in [7, 11) is -3.81. The minimum Gasteiger partial charge on any atom is -0.398 e. The van der Waals surface area contributed by atoms with Crippen molar-refractivity contribution in [2.75, 3.05) is 18.9 Å². The monoisotopic (exact) mass is 340 g/mol. The second-order valence-corrected chi connectivity index (χ2v) is 6.99. The SMILES string of the molecule is CCC(CCO)CNS(=O)(=O)c1c(N)cc(Cl)cc1Cl. The first-order valence-electron chi connectivity index (χ1n) is 6.16. The summed E-state index contributed by atoms with van der Waals surface area (Å²) < 4.78 is 26.9. The Labute approximate surface area is 129 Å². The number of hydrogen-bond acceptors (Lipinski definition) is 4. The van der Waals surface area contributed by atoms with Crippen molar-refractivity contribution in [3.63, 3.8) is 0 Å². The molecule has 0 bridgehead atoms. The van der Waals surface area contributed by atoms with Crippen LogP contribution in [0, 0.1) is 5.92 Å². The van der Waals surface area contributed by atoms with Crippen LogP contribution in [-0.2, 0) is 10.0 Å². The normalized spacial score (nSPS) is 13.4. The average molecular weight is 341 g/mol. The van der Waals surface area contributed by atoms with Crippen molar-refractivity contribution in [2.45, 2.75) is 24.7 Å². The van der Waals surface area contributed by atoms with Crippen molar-refractivity contribution in [3.05, 3.63) is 22.2 Å². The highest BCUT2D eigenvalue weighted by atomic mass is 35.5. The summed E-state index contributed by atoms with van der Waals surface area (Å²) in [6, 6.07) is 2.67. The fraction of sp³-hybridized carbons (Fsp3) is 0.500. The number of nitrogens with one attached hydrogen (secondary N) is 1. The molecule has 1 unspecified atom stereocenters. The largest absolute Gasteiger partial charge is 0.398 e. The molecule has 0 fully saturated rings. The number of anilines is 1. The van der Waals surface area contributed by atoms with Crippen LogP contribution >= 0.6 is 23.2 Å². The molecule has 4 N–H and O–H groups in total. The summed E-state index contributed by atoms with van der Waals surface area (Å²) in [5, 5.41) is 9.16. The van der Waals surface area contributed by atoms with Gasteiger partial charge in [0.1, 0.15) is 4.90 Å². The molecule has 1 atom stereocenters. The van der Waals surface area contributed by atoms with Gasteiger partial charge >= 0.3 is 0 Å². The van der Waals surface area contributed by atoms with Crippen molar-refractivity contribution in [1.29, 1.82) is 0 Å². The van der Waals surface area contributed by atoms with Crippen LogP contribution in [0.2, 0.25) is 10.0 Å². The van der Waals surface area contributed by atoms with E-state index in [9.17, 15) is 8.42 Å². The number of nitrogen functional groups attached to an aromatic ring is 1. The topological polar surface area (TPSA) is 92.4 Å². The molecule has 1 rings (SSSR count). The van der Waals surface area contributed by atoms with E-state index in [0.29, 0.717) is 6.42 Å². The Morgan fingerprint density at radius 3 is 2.55 bits per heavy atom. The number of halogens is 2. The van der Waals surface area contributed by atoms with Crippen LogP contribution in [0.15, 0.2) is 17.0 Å². The maximum Gasteiger partial charge on any atom is 0.244 e. The van der Waals surface area contributed by atoms with Gasteiger partial charge in [-0.2, -0.15) is 0 Å². The molecule has 114 valence electrons. The van der Waals surface area contributed by atoms with Gasteiger partial charge in [0.2, 0.25) is 10.0 Å². The van der Waals surface area contributed by atoms with Crippen molar-refractivity contribution < 1.29 is 13.5 Å². The Morgan fingerprint density at radius 2 is 2.05 bits per heavy atom. The van der Waals surface area contributed by atoms with Crippen LogP contribution < -0.4 is 10.5 Å². The van der Waals surface area contributed by atoms with Crippen LogP contribution in [0.25, 0.3) is 0 Å². The van der Waals surface area contributed by atoms with Gasteiger partial charge in [0.05, 0.1) is 10.7 Å². The molecular weight excluding hydrogens is 323 g/mol. The maximum absolute atomic E-state index is 12.2. The first-order chi connectivity index (χ1) is 9.31. The lowest BCUT2D eigenvalue weighted by molar-refractivity contribution is 0.254. The van der Waals surface area contributed by atoms with Gasteiger partial charge < -0.3 is 10.8 Å². The Bertz CT molecular complexity index is 541. The molecule has 0 aliphatic heterocycles. The van der Waals surface area contributed by atoms with Crippen molar-refractivity contribution in [1.82, 2.24) is 4.72 Å². The fourth-order valence-electron chi connectivity index (χ4n) is 1.80. The Balaban J connectivity index is 2.95. The van der Waals surface area contributed by atoms with E-state index in [4.69, 9.17) is 34.0 Å². The third-order valence-corrected chi connectivity index (χ3v) is 5.15. The molecule has 8 heteroatoms. The molecule has 0 aliphatic rings. The lowest BCUT2D eigenvalue weighted by atomic mass is 10.0. The highest BCUT2D eigenvalue weighted by molar-refractivity contribution is 7.89. The van der Waals surface area contributed by atoms with Gasteiger partial charge in [-0.3, -0.25) is 0 Å². The van der Waals surface area contributed by atoms with Gasteiger partial charge in [0.25, 0.3) is 0 Å². The van der Waals surface area contributed by atoms with E-state index in [1.807, 2.05) is 6.92 Å². The predicted molar refractivity (Wildman–Crippen MR) is 81.5 cm³/mol. The van der Waals surface area contributed by atoms with E-state index in [2.05, 4.69) is 4.72 Å². The second-order valence-electron chi connectivity index (χ2n) is 4.44. The third kappa shape index (κ3) is 4.49. The number of sulfonamides is 1. The van der Waals surface area contributed by atoms with Gasteiger partial charge in [-0.1, -0.05) is 36.5 Å². The summed E-state index contributed by atoms with van der Waals surface area (Å²) >= 11 is 11.7. The van der Waals surface area contributed by atoms with E-state index in [0.717, 1.165) is 6.42 Å². The number of aliphatic hydroxyl groups excluding tert-OH is 1. The van der Waals surface area contributed by atoms with Gasteiger partial charge in [-0.15, -0.1) is 0 Å². The van der Waals surface area contributed by atoms with Crippen molar-refractivity contribution in [3.8, 4) is 0 Å². The van der Waals surface area contributed by atoms with Gasteiger partial charge in [0, 0.05) is 18.2 Å². The summed E-state index contributed by atoms with van der Waals surface area (Å²) in [6.45, 7) is 2.17. The zero-order chi connectivity index (χ0) is 15.3. The smallest absolute Gasteiger partial charge is 0.244 e. The van der Waals surface area contributed by atoms with Gasteiger partial charge in [0.15, 0.2) is 0 Å². The lowest BCUT2D eigenvalue weighted by Gasteiger charge is -2.16. The van der Waals surface area contributed by atoms with Crippen LogP contribution in [0.5, 0.6) is 0 Å². The molecule has 0 radical (unpaired) electrons. The van der Waals surface area contributed by atoms with E-state index in [1.165, 1.54) is 12.1 Å². The summed E-state index contributed by atoms with van der Waals surface area (Å²) in [5.41, 5.74) is 5.68. The molecule has 0 saturated heterocycles. The van der Waals surface area contributed by atoms with E-state index in [1.54, 1.807) is 0 Å². The number of hydrogen-bond donors (Lipinski definition) is 3. The van der Waals surface area contributed by atoms with Gasteiger partial charge in [-0.05, 0) is 24.5 Å². The highest BCUT2D eigenvalue weighted by Crippen LogP contribution is 2.31. The highest BCUT2D eigenvalue weighted by Gasteiger charge is 2.22. The summed E-state index contributed by atoms with van der Waals surface area (Å²) in [4.78, 5) is -0.164. The summed E-state index contributed by atoms with van der Waals surface area (Å²) in [5.74, 6) is 0.0575. The minimum absolute atomic E-state index is 0.00482. The van der Waals surface area contributed by atoms with Crippen LogP contribution in [-0.4, -0.2) is 26.7 Å². The molecule has 0 aromatic heterocycles. The zero-order valence-corrected chi connectivity index (χ0v) is 13.4. The Hall–Kier alpha value is -0.530. The molecule has 0 heterocycles. The molecule has 0 amide bonds. The van der Waals surface area contributed by atoms with Crippen molar-refractivity contribution >= 4 is 38.9 Å². The molecule has 20 heavy (non-hydrogen) atoms. The van der Waals surface area contributed by atoms with E-state index >= 15 is 0 Å². The predicted octanol–water partition coefficient (Wildman–Crippen LogP) is 2.26. The van der Waals surface area contributed by atoms with Crippen LogP contribution in [0.4, 0.5) is 5.69 Å². The van der Waals surface area contributed by atoms with Crippen molar-refractivity contribution in [2.24, 2.45) is 5.92 Å². The summed E-state index contributed by atoms with van der Waals surface area (Å²) in [6.07, 6.45) is 1.29. The van der Waals surface area contributed by atoms with E-state index < -0.39 is 10.0 Å². The second kappa shape index (κ2) is 7.47. The molecule has 0 spiro atoms. The number of benzene rings is 1. The standard InChI is InChI=1S/C12H18Cl2N2O3S/c1-2-8(3-4-17)7-16-20(18,19)12-10(14)5-9(13)6-11(12)15/h5-6,8,16-17H,2-4,7,15H2,1H3. The number of aliphatic hydroxyl groups is 1. The quantitative estimate of drug-likeness (QED) is 0.663. The third-order valence-electron chi connectivity index (χ3n) is 2.98. The Morgan fingerprint density at radius 1 is 1.40 bits per heavy atom. The first kappa shape index (κ1) is 17.5. The average Bonchev–Trinajstić information content (AvgIpc) is 2.32.